The molecule has 128 valence electrons. The van der Waals surface area contributed by atoms with Gasteiger partial charge in [-0.3, -0.25) is 4.79 Å². The number of para-hydroxylation sites is 1. The lowest BCUT2D eigenvalue weighted by Gasteiger charge is -2.07. The molecular formula is C20H20ClN3O. The molecule has 4 nitrogen and oxygen atoms in total. The number of hydrogen-bond acceptors (Lipinski definition) is 2. The molecule has 0 spiro atoms. The monoisotopic (exact) mass is 353 g/mol. The van der Waals surface area contributed by atoms with E-state index in [1.165, 1.54) is 0 Å². The molecule has 1 heterocycles. The normalized spacial score (nSPS) is 10.7. The highest BCUT2D eigenvalue weighted by Crippen LogP contribution is 2.18. The summed E-state index contributed by atoms with van der Waals surface area (Å²) in [6, 6.07) is 17.4. The largest absolute Gasteiger partial charge is 0.352 e. The van der Waals surface area contributed by atoms with Gasteiger partial charge in [0.25, 0.3) is 0 Å². The molecule has 0 radical (unpaired) electrons. The van der Waals surface area contributed by atoms with Crippen molar-refractivity contribution in [2.75, 3.05) is 0 Å². The van der Waals surface area contributed by atoms with E-state index < -0.39 is 0 Å². The van der Waals surface area contributed by atoms with E-state index in [4.69, 9.17) is 11.6 Å². The van der Waals surface area contributed by atoms with Gasteiger partial charge < -0.3 is 5.32 Å². The maximum absolute atomic E-state index is 12.3. The molecule has 1 aromatic heterocycles. The molecule has 0 fully saturated rings. The Morgan fingerprint density at radius 3 is 2.44 bits per heavy atom. The average molecular weight is 354 g/mol. The average Bonchev–Trinajstić information content (AvgIpc) is 2.90. The predicted molar refractivity (Wildman–Crippen MR) is 100 cm³/mol. The first-order valence-corrected chi connectivity index (χ1v) is 8.54. The number of carbonyl (C=O) groups is 1. The van der Waals surface area contributed by atoms with Gasteiger partial charge >= 0.3 is 0 Å². The van der Waals surface area contributed by atoms with Crippen LogP contribution in [0.1, 0.15) is 22.5 Å². The van der Waals surface area contributed by atoms with Crippen molar-refractivity contribution in [2.45, 2.75) is 26.8 Å². The highest BCUT2D eigenvalue weighted by atomic mass is 35.5. The van der Waals surface area contributed by atoms with Crippen LogP contribution in [0.2, 0.25) is 5.02 Å². The lowest BCUT2D eigenvalue weighted by molar-refractivity contribution is -0.120. The van der Waals surface area contributed by atoms with Gasteiger partial charge in [0, 0.05) is 22.8 Å². The Bertz CT molecular complexity index is 870. The van der Waals surface area contributed by atoms with Crippen LogP contribution in [0.5, 0.6) is 0 Å². The van der Waals surface area contributed by atoms with Crippen LogP contribution < -0.4 is 5.32 Å². The SMILES string of the molecule is Cc1nn(-c2ccccc2)c(C)c1CC(=O)NCc1ccc(Cl)cc1. The number of aryl methyl sites for hydroxylation is 1. The first kappa shape index (κ1) is 17.2. The zero-order chi connectivity index (χ0) is 17.8. The van der Waals surface area contributed by atoms with Crippen LogP contribution in [0.25, 0.3) is 5.69 Å². The molecule has 0 aliphatic rings. The molecule has 3 aromatic rings. The van der Waals surface area contributed by atoms with E-state index in [2.05, 4.69) is 10.4 Å². The van der Waals surface area contributed by atoms with Crippen molar-refractivity contribution in [1.29, 1.82) is 0 Å². The molecule has 1 amide bonds. The van der Waals surface area contributed by atoms with E-state index in [0.29, 0.717) is 18.0 Å². The molecule has 5 heteroatoms. The minimum Gasteiger partial charge on any atom is -0.352 e. The molecule has 1 N–H and O–H groups in total. The van der Waals surface area contributed by atoms with Crippen LogP contribution in [0, 0.1) is 13.8 Å². The minimum atomic E-state index is -0.0197. The fraction of sp³-hybridized carbons (Fsp3) is 0.200. The summed E-state index contributed by atoms with van der Waals surface area (Å²) >= 11 is 5.87. The van der Waals surface area contributed by atoms with E-state index in [1.807, 2.05) is 73.1 Å². The van der Waals surface area contributed by atoms with Gasteiger partial charge in [-0.1, -0.05) is 41.9 Å². The molecule has 3 rings (SSSR count). The number of amides is 1. The number of aromatic nitrogens is 2. The highest BCUT2D eigenvalue weighted by Gasteiger charge is 2.15. The molecule has 0 saturated carbocycles. The van der Waals surface area contributed by atoms with E-state index in [1.54, 1.807) is 0 Å². The van der Waals surface area contributed by atoms with Gasteiger partial charge in [0.1, 0.15) is 0 Å². The first-order chi connectivity index (χ1) is 12.0. The molecule has 0 aliphatic heterocycles. The summed E-state index contributed by atoms with van der Waals surface area (Å²) in [5, 5.41) is 8.22. The van der Waals surface area contributed by atoms with E-state index in [0.717, 1.165) is 28.2 Å². The molecule has 0 saturated heterocycles. The summed E-state index contributed by atoms with van der Waals surface area (Å²) in [6.07, 6.45) is 0.318. The second-order valence-corrected chi connectivity index (χ2v) is 6.41. The van der Waals surface area contributed by atoms with Crippen molar-refractivity contribution in [1.82, 2.24) is 15.1 Å². The molecule has 0 atom stereocenters. The Labute approximate surface area is 152 Å². The summed E-state index contributed by atoms with van der Waals surface area (Å²) in [7, 11) is 0. The minimum absolute atomic E-state index is 0.0197. The van der Waals surface area contributed by atoms with Gasteiger partial charge in [-0.25, -0.2) is 4.68 Å². The number of nitrogens with zero attached hydrogens (tertiary/aromatic N) is 2. The number of halogens is 1. The van der Waals surface area contributed by atoms with Crippen molar-refractivity contribution >= 4 is 17.5 Å². The summed E-state index contributed by atoms with van der Waals surface area (Å²) in [4.78, 5) is 12.3. The molecule has 0 bridgehead atoms. The smallest absolute Gasteiger partial charge is 0.224 e. The van der Waals surface area contributed by atoms with Crippen molar-refractivity contribution in [2.24, 2.45) is 0 Å². The number of benzene rings is 2. The Morgan fingerprint density at radius 2 is 1.76 bits per heavy atom. The fourth-order valence-corrected chi connectivity index (χ4v) is 2.90. The van der Waals surface area contributed by atoms with Crippen LogP contribution in [-0.4, -0.2) is 15.7 Å². The van der Waals surface area contributed by atoms with Crippen LogP contribution in [0.4, 0.5) is 0 Å². The third-order valence-corrected chi connectivity index (χ3v) is 4.43. The Balaban J connectivity index is 1.69. The van der Waals surface area contributed by atoms with Crippen molar-refractivity contribution in [3.63, 3.8) is 0 Å². The second kappa shape index (κ2) is 7.53. The topological polar surface area (TPSA) is 46.9 Å². The Kier molecular flexibility index (Phi) is 5.19. The molecule has 25 heavy (non-hydrogen) atoms. The van der Waals surface area contributed by atoms with Crippen LogP contribution in [-0.2, 0) is 17.8 Å². The lowest BCUT2D eigenvalue weighted by Crippen LogP contribution is -2.25. The maximum Gasteiger partial charge on any atom is 0.224 e. The molecule has 2 aromatic carbocycles. The van der Waals surface area contributed by atoms with Gasteiger partial charge in [-0.15, -0.1) is 0 Å². The standard InChI is InChI=1S/C20H20ClN3O/c1-14-19(15(2)24(23-14)18-6-4-3-5-7-18)12-20(25)22-13-16-8-10-17(21)11-9-16/h3-11H,12-13H2,1-2H3,(H,22,25). The number of carbonyl (C=O) groups excluding carboxylic acids is 1. The summed E-state index contributed by atoms with van der Waals surface area (Å²) in [6.45, 7) is 4.42. The van der Waals surface area contributed by atoms with Gasteiger partial charge in [0.15, 0.2) is 0 Å². The van der Waals surface area contributed by atoms with Crippen molar-refractivity contribution < 1.29 is 4.79 Å². The van der Waals surface area contributed by atoms with Gasteiger partial charge in [0.05, 0.1) is 17.8 Å². The zero-order valence-electron chi connectivity index (χ0n) is 14.3. The number of hydrogen-bond donors (Lipinski definition) is 1. The summed E-state index contributed by atoms with van der Waals surface area (Å²) in [5.41, 5.74) is 4.85. The first-order valence-electron chi connectivity index (χ1n) is 8.16. The van der Waals surface area contributed by atoms with Crippen molar-refractivity contribution in [3.8, 4) is 5.69 Å². The number of nitrogens with one attached hydrogen (secondary N) is 1. The van der Waals surface area contributed by atoms with Gasteiger partial charge in [-0.05, 0) is 43.7 Å². The molecule has 0 unspecified atom stereocenters. The van der Waals surface area contributed by atoms with E-state index >= 15 is 0 Å². The zero-order valence-corrected chi connectivity index (χ0v) is 15.0. The third kappa shape index (κ3) is 4.09. The molecular weight excluding hydrogens is 334 g/mol. The predicted octanol–water partition coefficient (Wildman–Crippen LogP) is 4.00. The Morgan fingerprint density at radius 1 is 1.08 bits per heavy atom. The quantitative estimate of drug-likeness (QED) is 0.753. The highest BCUT2D eigenvalue weighted by molar-refractivity contribution is 6.30. The van der Waals surface area contributed by atoms with Gasteiger partial charge in [-0.2, -0.15) is 5.10 Å². The van der Waals surface area contributed by atoms with E-state index in [9.17, 15) is 4.79 Å². The Hall–Kier alpha value is -2.59. The third-order valence-electron chi connectivity index (χ3n) is 4.18. The lowest BCUT2D eigenvalue weighted by atomic mass is 10.1. The number of rotatable bonds is 5. The van der Waals surface area contributed by atoms with E-state index in [-0.39, 0.29) is 5.91 Å². The summed E-state index contributed by atoms with van der Waals surface area (Å²) < 4.78 is 1.89. The van der Waals surface area contributed by atoms with Crippen LogP contribution in [0.3, 0.4) is 0 Å². The second-order valence-electron chi connectivity index (χ2n) is 5.98. The fourth-order valence-electron chi connectivity index (χ4n) is 2.78. The van der Waals surface area contributed by atoms with Crippen molar-refractivity contribution in [3.05, 3.63) is 82.1 Å². The summed E-state index contributed by atoms with van der Waals surface area (Å²) in [5.74, 6) is -0.0197. The maximum atomic E-state index is 12.3. The van der Waals surface area contributed by atoms with Crippen LogP contribution >= 0.6 is 11.6 Å². The molecule has 0 aliphatic carbocycles. The van der Waals surface area contributed by atoms with Gasteiger partial charge in [0.2, 0.25) is 5.91 Å². The van der Waals surface area contributed by atoms with Crippen LogP contribution in [0.15, 0.2) is 54.6 Å².